The van der Waals surface area contributed by atoms with E-state index < -0.39 is 20.6 Å². The predicted molar refractivity (Wildman–Crippen MR) is 154 cm³/mol. The second kappa shape index (κ2) is 20.7. The molecule has 6 heteroatoms. The summed E-state index contributed by atoms with van der Waals surface area (Å²) in [4.78, 5) is 0. The smallest absolute Gasteiger partial charge is 0.303 e. The van der Waals surface area contributed by atoms with Crippen molar-refractivity contribution in [2.24, 2.45) is 5.92 Å². The Balaban J connectivity index is 6.11. The first kappa shape index (κ1) is 35.8. The van der Waals surface area contributed by atoms with Crippen molar-refractivity contribution in [3.05, 3.63) is 0 Å². The van der Waals surface area contributed by atoms with Crippen molar-refractivity contribution in [2.75, 3.05) is 25.6 Å². The number of hydrogen-bond acceptors (Lipinski definition) is 5. The Morgan fingerprint density at radius 1 is 0.556 bits per heavy atom. The molecule has 0 radical (unpaired) electrons. The molecule has 0 saturated heterocycles. The van der Waals surface area contributed by atoms with Gasteiger partial charge in [-0.1, -0.05) is 111 Å². The molecule has 0 aliphatic carbocycles. The van der Waals surface area contributed by atoms with Crippen LogP contribution in [0, 0.1) is 5.92 Å². The van der Waals surface area contributed by atoms with Crippen LogP contribution in [-0.2, 0) is 24.0 Å². The van der Waals surface area contributed by atoms with Crippen LogP contribution in [0.2, 0.25) is 0 Å². The molecule has 0 aromatic heterocycles. The average Bonchev–Trinajstić information content (AvgIpc) is 2.86. The standard InChI is InChI=1S/C30H62O5S/c1-8-15-17-19-20-21-23-25-27-28(26-24-22-18-16-9-2)29(10-3,36(31,32)14-7)30(33-11-4,34-12-5)35-13-6/h28H,8-27H2,1-7H3. The van der Waals surface area contributed by atoms with Gasteiger partial charge in [-0.05, 0) is 46.0 Å². The van der Waals surface area contributed by atoms with Crippen LogP contribution in [0.3, 0.4) is 0 Å². The topological polar surface area (TPSA) is 61.8 Å². The highest BCUT2D eigenvalue weighted by molar-refractivity contribution is 7.92. The summed E-state index contributed by atoms with van der Waals surface area (Å²) in [5.41, 5.74) is 0. The molecule has 0 heterocycles. The van der Waals surface area contributed by atoms with Crippen LogP contribution >= 0.6 is 0 Å². The third kappa shape index (κ3) is 10.5. The van der Waals surface area contributed by atoms with E-state index in [1.165, 1.54) is 57.8 Å². The van der Waals surface area contributed by atoms with E-state index in [1.54, 1.807) is 6.92 Å². The quantitative estimate of drug-likeness (QED) is 0.0819. The molecule has 2 unspecified atom stereocenters. The van der Waals surface area contributed by atoms with Crippen molar-refractivity contribution in [3.63, 3.8) is 0 Å². The van der Waals surface area contributed by atoms with E-state index in [0.29, 0.717) is 26.2 Å². The third-order valence-electron chi connectivity index (χ3n) is 7.70. The molecule has 0 saturated carbocycles. The molecular weight excluding hydrogens is 472 g/mol. The zero-order chi connectivity index (χ0) is 27.3. The van der Waals surface area contributed by atoms with Crippen LogP contribution < -0.4 is 0 Å². The Morgan fingerprint density at radius 3 is 1.22 bits per heavy atom. The summed E-state index contributed by atoms with van der Waals surface area (Å²) in [5, 5.41) is 0. The van der Waals surface area contributed by atoms with Gasteiger partial charge in [0.25, 0.3) is 0 Å². The van der Waals surface area contributed by atoms with Gasteiger partial charge >= 0.3 is 5.97 Å². The Bertz CT molecular complexity index is 589. The van der Waals surface area contributed by atoms with Gasteiger partial charge in [-0.15, -0.1) is 0 Å². The second-order valence-electron chi connectivity index (χ2n) is 10.2. The monoisotopic (exact) mass is 534 g/mol. The summed E-state index contributed by atoms with van der Waals surface area (Å²) in [7, 11) is -3.58. The fourth-order valence-corrected chi connectivity index (χ4v) is 8.12. The molecule has 36 heavy (non-hydrogen) atoms. The van der Waals surface area contributed by atoms with Crippen LogP contribution in [0.5, 0.6) is 0 Å². The molecule has 0 aliphatic heterocycles. The highest BCUT2D eigenvalue weighted by Gasteiger charge is 2.65. The van der Waals surface area contributed by atoms with Crippen molar-refractivity contribution in [3.8, 4) is 0 Å². The van der Waals surface area contributed by atoms with E-state index in [-0.39, 0.29) is 11.7 Å². The lowest BCUT2D eigenvalue weighted by Crippen LogP contribution is -2.67. The molecular formula is C30H62O5S. The summed E-state index contributed by atoms with van der Waals surface area (Å²) < 4.78 is 45.7. The summed E-state index contributed by atoms with van der Waals surface area (Å²) >= 11 is 0. The van der Waals surface area contributed by atoms with Gasteiger partial charge in [0.1, 0.15) is 0 Å². The zero-order valence-electron chi connectivity index (χ0n) is 25.2. The van der Waals surface area contributed by atoms with Crippen molar-refractivity contribution < 1.29 is 22.6 Å². The first-order valence-corrected chi connectivity index (χ1v) is 17.1. The summed E-state index contributed by atoms with van der Waals surface area (Å²) in [6.07, 6.45) is 17.9. The van der Waals surface area contributed by atoms with E-state index in [0.717, 1.165) is 38.5 Å². The van der Waals surface area contributed by atoms with Gasteiger partial charge in [0, 0.05) is 25.6 Å². The molecule has 0 aliphatic rings. The predicted octanol–water partition coefficient (Wildman–Crippen LogP) is 8.84. The first-order chi connectivity index (χ1) is 17.3. The highest BCUT2D eigenvalue weighted by atomic mass is 32.2. The summed E-state index contributed by atoms with van der Waals surface area (Å²) in [6, 6.07) is 0. The minimum atomic E-state index is -3.58. The lowest BCUT2D eigenvalue weighted by molar-refractivity contribution is -0.399. The van der Waals surface area contributed by atoms with Crippen LogP contribution in [0.15, 0.2) is 0 Å². The van der Waals surface area contributed by atoms with Crippen LogP contribution in [-0.4, -0.2) is 44.7 Å². The number of hydrogen-bond donors (Lipinski definition) is 0. The van der Waals surface area contributed by atoms with Gasteiger partial charge in [-0.2, -0.15) is 0 Å². The number of ether oxygens (including phenoxy) is 3. The van der Waals surface area contributed by atoms with E-state index in [4.69, 9.17) is 14.2 Å². The van der Waals surface area contributed by atoms with Crippen LogP contribution in [0.4, 0.5) is 0 Å². The number of unbranched alkanes of at least 4 members (excludes halogenated alkanes) is 11. The summed E-state index contributed by atoms with van der Waals surface area (Å²) in [5.74, 6) is -1.60. The Hall–Kier alpha value is -0.170. The molecule has 0 N–H and O–H groups in total. The maximum Gasteiger partial charge on any atom is 0.303 e. The molecule has 0 aromatic rings. The zero-order valence-corrected chi connectivity index (χ0v) is 26.0. The fraction of sp³-hybridized carbons (Fsp3) is 1.00. The molecule has 5 nitrogen and oxygen atoms in total. The van der Waals surface area contributed by atoms with Crippen molar-refractivity contribution in [2.45, 2.75) is 162 Å². The number of sulfone groups is 1. The van der Waals surface area contributed by atoms with Crippen molar-refractivity contribution in [1.82, 2.24) is 0 Å². The largest absolute Gasteiger partial charge is 0.326 e. The fourth-order valence-electron chi connectivity index (χ4n) is 5.87. The van der Waals surface area contributed by atoms with Gasteiger partial charge in [-0.25, -0.2) is 8.42 Å². The van der Waals surface area contributed by atoms with Crippen molar-refractivity contribution in [1.29, 1.82) is 0 Å². The molecule has 0 rings (SSSR count). The Kier molecular flexibility index (Phi) is 20.7. The first-order valence-electron chi connectivity index (χ1n) is 15.5. The van der Waals surface area contributed by atoms with Gasteiger partial charge in [0.05, 0.1) is 0 Å². The molecule has 0 amide bonds. The SMILES string of the molecule is CCCCCCCCCCC(CCCCCCC)C(CC)(C(OCC)(OCC)OCC)S(=O)(=O)CC. The maximum atomic E-state index is 14.1. The van der Waals surface area contributed by atoms with Gasteiger partial charge in [0.15, 0.2) is 14.6 Å². The lowest BCUT2D eigenvalue weighted by atomic mass is 9.79. The van der Waals surface area contributed by atoms with Gasteiger partial charge < -0.3 is 14.2 Å². The van der Waals surface area contributed by atoms with E-state index >= 15 is 0 Å². The van der Waals surface area contributed by atoms with Gasteiger partial charge in [0.2, 0.25) is 0 Å². The average molecular weight is 535 g/mol. The molecule has 2 atom stereocenters. The molecule has 0 bridgehead atoms. The lowest BCUT2D eigenvalue weighted by Gasteiger charge is -2.51. The molecule has 0 spiro atoms. The Morgan fingerprint density at radius 2 is 0.917 bits per heavy atom. The normalized spacial score (nSPS) is 15.2. The highest BCUT2D eigenvalue weighted by Crippen LogP contribution is 2.49. The molecule has 218 valence electrons. The van der Waals surface area contributed by atoms with E-state index in [1.807, 2.05) is 27.7 Å². The third-order valence-corrected chi connectivity index (χ3v) is 10.4. The second-order valence-corrected chi connectivity index (χ2v) is 12.7. The van der Waals surface area contributed by atoms with Crippen LogP contribution in [0.1, 0.15) is 151 Å². The summed E-state index contributed by atoms with van der Waals surface area (Å²) in [6.45, 7) is 14.9. The molecule has 0 aromatic carbocycles. The number of rotatable bonds is 26. The molecule has 0 fully saturated rings. The minimum absolute atomic E-state index is 0.0551. The maximum absolute atomic E-state index is 14.1. The minimum Gasteiger partial charge on any atom is -0.326 e. The Labute approximate surface area is 225 Å². The van der Waals surface area contributed by atoms with Crippen molar-refractivity contribution >= 4 is 9.84 Å². The van der Waals surface area contributed by atoms with E-state index in [9.17, 15) is 8.42 Å². The van der Waals surface area contributed by atoms with Gasteiger partial charge in [-0.3, -0.25) is 0 Å². The van der Waals surface area contributed by atoms with Crippen LogP contribution in [0.25, 0.3) is 0 Å². The van der Waals surface area contributed by atoms with E-state index in [2.05, 4.69) is 13.8 Å².